The van der Waals surface area contributed by atoms with E-state index in [1.54, 1.807) is 4.88 Å². The zero-order chi connectivity index (χ0) is 16.8. The van der Waals surface area contributed by atoms with Crippen LogP contribution in [-0.4, -0.2) is 55.0 Å². The Balaban J connectivity index is 1.43. The first-order valence-electron chi connectivity index (χ1n) is 9.54. The fourth-order valence-electron chi connectivity index (χ4n) is 3.87. The van der Waals surface area contributed by atoms with Crippen molar-refractivity contribution in [1.82, 2.24) is 15.1 Å². The third-order valence-electron chi connectivity index (χ3n) is 5.28. The molecule has 2 heterocycles. The molecule has 1 aliphatic heterocycles. The Kier molecular flexibility index (Phi) is 6.69. The molecule has 1 amide bonds. The van der Waals surface area contributed by atoms with Crippen LogP contribution < -0.4 is 5.32 Å². The Bertz CT molecular complexity index is 516. The highest BCUT2D eigenvalue weighted by Crippen LogP contribution is 2.36. The van der Waals surface area contributed by atoms with E-state index in [9.17, 15) is 4.79 Å². The van der Waals surface area contributed by atoms with Crippen LogP contribution >= 0.6 is 11.3 Å². The summed E-state index contributed by atoms with van der Waals surface area (Å²) < 4.78 is 0. The molecule has 0 unspecified atom stereocenters. The Morgan fingerprint density at radius 2 is 1.83 bits per heavy atom. The summed E-state index contributed by atoms with van der Waals surface area (Å²) in [5.41, 5.74) is 0. The van der Waals surface area contributed by atoms with Gasteiger partial charge in [0.1, 0.15) is 0 Å². The first-order valence-corrected chi connectivity index (χ1v) is 10.4. The molecule has 4 nitrogen and oxygen atoms in total. The molecule has 1 saturated carbocycles. The van der Waals surface area contributed by atoms with Crippen LogP contribution in [0, 0.1) is 0 Å². The number of hydrogen-bond donors (Lipinski definition) is 1. The lowest BCUT2D eigenvalue weighted by Gasteiger charge is -2.34. The van der Waals surface area contributed by atoms with Gasteiger partial charge >= 0.3 is 0 Å². The van der Waals surface area contributed by atoms with Gasteiger partial charge in [-0.1, -0.05) is 19.3 Å². The average Bonchev–Trinajstić information content (AvgIpc) is 3.06. The van der Waals surface area contributed by atoms with Crippen LogP contribution in [0.4, 0.5) is 0 Å². The molecule has 0 spiro atoms. The summed E-state index contributed by atoms with van der Waals surface area (Å²) in [4.78, 5) is 19.6. The van der Waals surface area contributed by atoms with Crippen molar-refractivity contribution < 1.29 is 4.79 Å². The van der Waals surface area contributed by atoms with Crippen LogP contribution in [0.25, 0.3) is 0 Å². The van der Waals surface area contributed by atoms with Crippen LogP contribution in [-0.2, 0) is 11.3 Å². The molecular weight excluding hydrogens is 318 g/mol. The second-order valence-electron chi connectivity index (χ2n) is 7.14. The largest absolute Gasteiger partial charge is 0.355 e. The number of rotatable bonds is 6. The minimum atomic E-state index is 0.154. The monoisotopic (exact) mass is 349 g/mol. The van der Waals surface area contributed by atoms with Gasteiger partial charge in [-0.2, -0.15) is 0 Å². The van der Waals surface area contributed by atoms with Crippen LogP contribution in [0.3, 0.4) is 0 Å². The lowest BCUT2D eigenvalue weighted by molar-refractivity contribution is -0.122. The van der Waals surface area contributed by atoms with Crippen LogP contribution in [0.2, 0.25) is 0 Å². The molecule has 0 bridgehead atoms. The molecule has 24 heavy (non-hydrogen) atoms. The lowest BCUT2D eigenvalue weighted by atomic mass is 9.88. The molecular formula is C19H31N3OS. The van der Waals surface area contributed by atoms with Gasteiger partial charge in [-0.05, 0) is 37.8 Å². The van der Waals surface area contributed by atoms with Crippen LogP contribution in [0.5, 0.6) is 0 Å². The number of piperazine rings is 1. The summed E-state index contributed by atoms with van der Waals surface area (Å²) >= 11 is 2.03. The van der Waals surface area contributed by atoms with Gasteiger partial charge in [0.15, 0.2) is 0 Å². The number of carbonyl (C=O) groups excluding carboxylic acids is 1. The van der Waals surface area contributed by atoms with Crippen LogP contribution in [0.15, 0.2) is 12.1 Å². The summed E-state index contributed by atoms with van der Waals surface area (Å²) in [7, 11) is 0. The van der Waals surface area contributed by atoms with Crippen molar-refractivity contribution in [3.8, 4) is 0 Å². The number of carbonyl (C=O) groups is 1. The average molecular weight is 350 g/mol. The second-order valence-corrected chi connectivity index (χ2v) is 8.34. The maximum Gasteiger partial charge on any atom is 0.234 e. The van der Waals surface area contributed by atoms with E-state index in [0.29, 0.717) is 6.54 Å². The maximum atomic E-state index is 11.7. The van der Waals surface area contributed by atoms with E-state index < -0.39 is 0 Å². The molecule has 3 rings (SSSR count). The van der Waals surface area contributed by atoms with Gasteiger partial charge in [0.25, 0.3) is 0 Å². The first kappa shape index (κ1) is 17.9. The molecule has 134 valence electrons. The Morgan fingerprint density at radius 3 is 2.54 bits per heavy atom. The number of nitrogens with zero attached hydrogens (tertiary/aromatic N) is 2. The van der Waals surface area contributed by atoms with Crippen molar-refractivity contribution in [1.29, 1.82) is 0 Å². The molecule has 1 saturated heterocycles. The minimum absolute atomic E-state index is 0.154. The Labute approximate surface area is 150 Å². The topological polar surface area (TPSA) is 35.6 Å². The standard InChI is InChI=1S/C19H31N3OS/c1-2-20-19(23)15-22-12-10-21(11-13-22)14-17-8-9-18(24-17)16-6-4-3-5-7-16/h8-9,16H,2-7,10-15H2,1H3,(H,20,23). The van der Waals surface area contributed by atoms with E-state index in [1.807, 2.05) is 18.3 Å². The first-order chi connectivity index (χ1) is 11.7. The third kappa shape index (κ3) is 5.04. The number of hydrogen-bond acceptors (Lipinski definition) is 4. The molecule has 0 atom stereocenters. The number of thiophene rings is 1. The Hall–Kier alpha value is -0.910. The summed E-state index contributed by atoms with van der Waals surface area (Å²) in [6.45, 7) is 8.44. The van der Waals surface area contributed by atoms with Gasteiger partial charge in [-0.25, -0.2) is 0 Å². The number of likely N-dealkylation sites (N-methyl/N-ethyl adjacent to an activating group) is 1. The summed E-state index contributed by atoms with van der Waals surface area (Å²) in [5, 5.41) is 2.89. The summed E-state index contributed by atoms with van der Waals surface area (Å²) in [5.74, 6) is 0.979. The van der Waals surface area contributed by atoms with E-state index in [0.717, 1.165) is 45.2 Å². The van der Waals surface area contributed by atoms with Crippen molar-refractivity contribution in [2.75, 3.05) is 39.3 Å². The fourth-order valence-corrected chi connectivity index (χ4v) is 5.09. The van der Waals surface area contributed by atoms with Gasteiger partial charge in [-0.3, -0.25) is 14.6 Å². The highest BCUT2D eigenvalue weighted by atomic mass is 32.1. The normalized spacial score (nSPS) is 21.0. The Morgan fingerprint density at radius 1 is 1.12 bits per heavy atom. The second kappa shape index (κ2) is 8.97. The van der Waals surface area contributed by atoms with Crippen molar-refractivity contribution in [3.05, 3.63) is 21.9 Å². The van der Waals surface area contributed by atoms with Gasteiger partial charge in [0, 0.05) is 49.0 Å². The summed E-state index contributed by atoms with van der Waals surface area (Å²) in [6.07, 6.45) is 7.02. The van der Waals surface area contributed by atoms with Gasteiger partial charge in [0.05, 0.1) is 6.54 Å². The quantitative estimate of drug-likeness (QED) is 0.857. The fraction of sp³-hybridized carbons (Fsp3) is 0.737. The molecule has 1 N–H and O–H groups in total. The van der Waals surface area contributed by atoms with E-state index >= 15 is 0 Å². The van der Waals surface area contributed by atoms with Crippen molar-refractivity contribution in [3.63, 3.8) is 0 Å². The molecule has 1 aromatic rings. The zero-order valence-corrected chi connectivity index (χ0v) is 15.7. The maximum absolute atomic E-state index is 11.7. The molecule has 2 aliphatic rings. The third-order valence-corrected chi connectivity index (χ3v) is 6.51. The van der Waals surface area contributed by atoms with Crippen molar-refractivity contribution >= 4 is 17.2 Å². The van der Waals surface area contributed by atoms with Crippen LogP contribution in [0.1, 0.15) is 54.7 Å². The molecule has 1 aromatic heterocycles. The predicted molar refractivity (Wildman–Crippen MR) is 101 cm³/mol. The van der Waals surface area contributed by atoms with E-state index in [2.05, 4.69) is 27.2 Å². The van der Waals surface area contributed by atoms with E-state index in [1.165, 1.54) is 37.0 Å². The zero-order valence-electron chi connectivity index (χ0n) is 14.9. The highest BCUT2D eigenvalue weighted by Gasteiger charge is 2.21. The number of nitrogens with one attached hydrogen (secondary N) is 1. The molecule has 2 fully saturated rings. The summed E-state index contributed by atoms with van der Waals surface area (Å²) in [6, 6.07) is 4.72. The SMILES string of the molecule is CCNC(=O)CN1CCN(Cc2ccc(C3CCCCC3)s2)CC1. The molecule has 5 heteroatoms. The predicted octanol–water partition coefficient (Wildman–Crippen LogP) is 3.05. The van der Waals surface area contributed by atoms with E-state index in [4.69, 9.17) is 0 Å². The lowest BCUT2D eigenvalue weighted by Crippen LogP contribution is -2.49. The number of amides is 1. The highest BCUT2D eigenvalue weighted by molar-refractivity contribution is 7.12. The van der Waals surface area contributed by atoms with Crippen molar-refractivity contribution in [2.45, 2.75) is 51.5 Å². The minimum Gasteiger partial charge on any atom is -0.355 e. The molecule has 0 aromatic carbocycles. The molecule has 0 radical (unpaired) electrons. The van der Waals surface area contributed by atoms with Crippen molar-refractivity contribution in [2.24, 2.45) is 0 Å². The molecule has 1 aliphatic carbocycles. The smallest absolute Gasteiger partial charge is 0.234 e. The van der Waals surface area contributed by atoms with E-state index in [-0.39, 0.29) is 5.91 Å². The van der Waals surface area contributed by atoms with Gasteiger partial charge in [0.2, 0.25) is 5.91 Å². The van der Waals surface area contributed by atoms with Gasteiger partial charge < -0.3 is 5.32 Å². The van der Waals surface area contributed by atoms with Gasteiger partial charge in [-0.15, -0.1) is 11.3 Å².